The first-order valence-corrected chi connectivity index (χ1v) is 6.82. The topological polar surface area (TPSA) is 19.4 Å². The Bertz CT molecular complexity index is 388. The lowest BCUT2D eigenvalue weighted by atomic mass is 9.75. The molecule has 0 saturated heterocycles. The van der Waals surface area contributed by atoms with Gasteiger partial charge in [-0.3, -0.25) is 4.98 Å². The quantitative estimate of drug-likeness (QED) is 0.852. The van der Waals surface area contributed by atoms with Crippen molar-refractivity contribution in [3.8, 4) is 0 Å². The minimum atomic E-state index is 0.358. The maximum absolute atomic E-state index is 4.22. The molecule has 0 N–H and O–H groups in total. The van der Waals surface area contributed by atoms with E-state index in [1.54, 1.807) is 0 Å². The van der Waals surface area contributed by atoms with Crippen LogP contribution in [-0.4, -0.2) is 43.1 Å². The molecule has 3 nitrogen and oxygen atoms in total. The summed E-state index contributed by atoms with van der Waals surface area (Å²) >= 11 is 3.47. The van der Waals surface area contributed by atoms with Gasteiger partial charge in [0.1, 0.15) is 0 Å². The van der Waals surface area contributed by atoms with Crippen molar-refractivity contribution < 1.29 is 0 Å². The predicted octanol–water partition coefficient (Wildman–Crippen LogP) is 2.76. The van der Waals surface area contributed by atoms with Crippen LogP contribution in [0.15, 0.2) is 22.9 Å². The normalized spacial score (nSPS) is 17.9. The van der Waals surface area contributed by atoms with Gasteiger partial charge in [0, 0.05) is 29.8 Å². The maximum Gasteiger partial charge on any atom is 0.0562 e. The van der Waals surface area contributed by atoms with Gasteiger partial charge in [0.25, 0.3) is 0 Å². The molecule has 0 atom stereocenters. The molecule has 1 saturated carbocycles. The van der Waals surface area contributed by atoms with Crippen molar-refractivity contribution in [3.63, 3.8) is 0 Å². The summed E-state index contributed by atoms with van der Waals surface area (Å²) in [7, 11) is 6.52. The van der Waals surface area contributed by atoms with Crippen molar-refractivity contribution in [2.75, 3.05) is 32.6 Å². The third-order valence-electron chi connectivity index (χ3n) is 3.90. The summed E-state index contributed by atoms with van der Waals surface area (Å²) < 4.78 is 1.04. The minimum Gasteiger partial charge on any atom is -0.371 e. The molecule has 0 amide bonds. The van der Waals surface area contributed by atoms with Crippen molar-refractivity contribution in [1.82, 2.24) is 9.88 Å². The lowest BCUT2D eigenvalue weighted by molar-refractivity contribution is 0.0683. The Morgan fingerprint density at radius 1 is 1.29 bits per heavy atom. The van der Waals surface area contributed by atoms with Crippen LogP contribution < -0.4 is 4.90 Å². The van der Waals surface area contributed by atoms with E-state index >= 15 is 0 Å². The van der Waals surface area contributed by atoms with Crippen molar-refractivity contribution >= 4 is 21.6 Å². The Hall–Kier alpha value is -0.610. The third kappa shape index (κ3) is 2.63. The zero-order valence-corrected chi connectivity index (χ0v) is 12.4. The van der Waals surface area contributed by atoms with Gasteiger partial charge < -0.3 is 9.80 Å². The molecule has 0 aromatic carbocycles. The fourth-order valence-corrected chi connectivity index (χ4v) is 2.83. The lowest BCUT2D eigenvalue weighted by Crippen LogP contribution is -2.56. The molecule has 1 aliphatic rings. The fraction of sp³-hybridized carbons (Fsp3) is 0.615. The van der Waals surface area contributed by atoms with Crippen LogP contribution in [0.2, 0.25) is 0 Å². The standard InChI is InChI=1S/C13H20BrN3/c1-16(2)13(5-4-6-13)10-17(3)12-7-11(14)8-15-9-12/h7-9H,4-6,10H2,1-3H3. The van der Waals surface area contributed by atoms with Gasteiger partial charge in [0.15, 0.2) is 0 Å². The van der Waals surface area contributed by atoms with E-state index in [-0.39, 0.29) is 0 Å². The molecule has 0 unspecified atom stereocenters. The van der Waals surface area contributed by atoms with E-state index in [1.165, 1.54) is 24.9 Å². The average molecular weight is 298 g/mol. The molecule has 0 radical (unpaired) electrons. The van der Waals surface area contributed by atoms with Crippen molar-refractivity contribution in [3.05, 3.63) is 22.9 Å². The van der Waals surface area contributed by atoms with E-state index in [0.29, 0.717) is 5.54 Å². The van der Waals surface area contributed by atoms with Gasteiger partial charge in [-0.25, -0.2) is 0 Å². The highest BCUT2D eigenvalue weighted by Crippen LogP contribution is 2.37. The monoisotopic (exact) mass is 297 g/mol. The lowest BCUT2D eigenvalue weighted by Gasteiger charge is -2.49. The highest BCUT2D eigenvalue weighted by atomic mass is 79.9. The van der Waals surface area contributed by atoms with Crippen LogP contribution in [0.1, 0.15) is 19.3 Å². The summed E-state index contributed by atoms with van der Waals surface area (Å²) in [6.07, 6.45) is 7.69. The Labute approximate surface area is 112 Å². The van der Waals surface area contributed by atoms with Crippen molar-refractivity contribution in [2.24, 2.45) is 0 Å². The van der Waals surface area contributed by atoms with Crippen LogP contribution in [0.25, 0.3) is 0 Å². The summed E-state index contributed by atoms with van der Waals surface area (Å²) in [5.74, 6) is 0. The van der Waals surface area contributed by atoms with Gasteiger partial charge in [-0.05, 0) is 55.4 Å². The second-order valence-electron chi connectivity index (χ2n) is 5.19. The first kappa shape index (κ1) is 12.8. The Morgan fingerprint density at radius 3 is 2.47 bits per heavy atom. The molecule has 1 fully saturated rings. The van der Waals surface area contributed by atoms with E-state index in [0.717, 1.165) is 11.0 Å². The number of anilines is 1. The van der Waals surface area contributed by atoms with Gasteiger partial charge in [-0.2, -0.15) is 0 Å². The summed E-state index contributed by atoms with van der Waals surface area (Å²) in [4.78, 5) is 8.90. The smallest absolute Gasteiger partial charge is 0.0562 e. The zero-order valence-electron chi connectivity index (χ0n) is 10.8. The maximum atomic E-state index is 4.22. The molecule has 0 spiro atoms. The van der Waals surface area contributed by atoms with Crippen LogP contribution in [0, 0.1) is 0 Å². The summed E-state index contributed by atoms with van der Waals surface area (Å²) in [6, 6.07) is 2.12. The molecule has 4 heteroatoms. The molecule has 17 heavy (non-hydrogen) atoms. The second kappa shape index (κ2) is 4.94. The van der Waals surface area contributed by atoms with E-state index in [9.17, 15) is 0 Å². The largest absolute Gasteiger partial charge is 0.371 e. The van der Waals surface area contributed by atoms with Gasteiger partial charge in [-0.15, -0.1) is 0 Å². The number of aromatic nitrogens is 1. The van der Waals surface area contributed by atoms with Crippen LogP contribution in [-0.2, 0) is 0 Å². The van der Waals surface area contributed by atoms with E-state index in [4.69, 9.17) is 0 Å². The molecule has 1 heterocycles. The third-order valence-corrected chi connectivity index (χ3v) is 4.33. The van der Waals surface area contributed by atoms with E-state index < -0.39 is 0 Å². The Balaban J connectivity index is 2.08. The minimum absolute atomic E-state index is 0.358. The molecular weight excluding hydrogens is 278 g/mol. The Kier molecular flexibility index (Phi) is 3.73. The van der Waals surface area contributed by atoms with Gasteiger partial charge in [0.2, 0.25) is 0 Å². The summed E-state index contributed by atoms with van der Waals surface area (Å²) in [5.41, 5.74) is 1.53. The molecule has 2 rings (SSSR count). The first-order valence-electron chi connectivity index (χ1n) is 6.03. The number of rotatable bonds is 4. The number of pyridine rings is 1. The molecule has 94 valence electrons. The highest BCUT2D eigenvalue weighted by Gasteiger charge is 2.39. The number of nitrogens with zero attached hydrogens (tertiary/aromatic N) is 3. The molecule has 0 bridgehead atoms. The number of hydrogen-bond donors (Lipinski definition) is 0. The molecule has 0 aliphatic heterocycles. The molecule has 1 aromatic rings. The zero-order chi connectivity index (χ0) is 12.5. The average Bonchev–Trinajstić information content (AvgIpc) is 2.22. The number of hydrogen-bond acceptors (Lipinski definition) is 3. The van der Waals surface area contributed by atoms with Crippen molar-refractivity contribution in [2.45, 2.75) is 24.8 Å². The van der Waals surface area contributed by atoms with Crippen LogP contribution in [0.5, 0.6) is 0 Å². The summed E-state index contributed by atoms with van der Waals surface area (Å²) in [5, 5.41) is 0. The predicted molar refractivity (Wildman–Crippen MR) is 75.5 cm³/mol. The number of halogens is 1. The first-order chi connectivity index (χ1) is 8.03. The molecule has 1 aromatic heterocycles. The van der Waals surface area contributed by atoms with Crippen LogP contribution >= 0.6 is 15.9 Å². The van der Waals surface area contributed by atoms with Crippen LogP contribution in [0.3, 0.4) is 0 Å². The Morgan fingerprint density at radius 2 is 2.00 bits per heavy atom. The van der Waals surface area contributed by atoms with Gasteiger partial charge in [-0.1, -0.05) is 0 Å². The fourth-order valence-electron chi connectivity index (χ4n) is 2.47. The molecule has 1 aliphatic carbocycles. The summed E-state index contributed by atoms with van der Waals surface area (Å²) in [6.45, 7) is 1.07. The van der Waals surface area contributed by atoms with E-state index in [2.05, 4.69) is 57.9 Å². The van der Waals surface area contributed by atoms with Gasteiger partial charge >= 0.3 is 0 Å². The second-order valence-corrected chi connectivity index (χ2v) is 6.11. The van der Waals surface area contributed by atoms with Gasteiger partial charge in [0.05, 0.1) is 11.9 Å². The SMILES string of the molecule is CN(CC1(N(C)C)CCC1)c1cncc(Br)c1. The highest BCUT2D eigenvalue weighted by molar-refractivity contribution is 9.10. The van der Waals surface area contributed by atoms with E-state index in [1.807, 2.05) is 12.4 Å². The number of likely N-dealkylation sites (N-methyl/N-ethyl adjacent to an activating group) is 2. The molecular formula is C13H20BrN3. The van der Waals surface area contributed by atoms with Crippen LogP contribution in [0.4, 0.5) is 5.69 Å². The van der Waals surface area contributed by atoms with Crippen molar-refractivity contribution in [1.29, 1.82) is 0 Å².